The summed E-state index contributed by atoms with van der Waals surface area (Å²) in [5.74, 6) is -1.71. The Bertz CT molecular complexity index is 302. The Kier molecular flexibility index (Phi) is 3.98. The van der Waals surface area contributed by atoms with Gasteiger partial charge in [0.05, 0.1) is 0 Å². The monoisotopic (exact) mass is 200 g/mol. The van der Waals surface area contributed by atoms with Crippen LogP contribution in [-0.4, -0.2) is 6.54 Å². The van der Waals surface area contributed by atoms with E-state index < -0.39 is 17.7 Å². The van der Waals surface area contributed by atoms with Crippen molar-refractivity contribution in [1.29, 1.82) is 0 Å². The minimum atomic E-state index is -0.856. The van der Waals surface area contributed by atoms with Gasteiger partial charge in [-0.15, -0.1) is 0 Å². The van der Waals surface area contributed by atoms with Crippen molar-refractivity contribution in [3.63, 3.8) is 0 Å². The van der Waals surface area contributed by atoms with E-state index in [-0.39, 0.29) is 5.56 Å². The van der Waals surface area contributed by atoms with Crippen LogP contribution in [0.15, 0.2) is 18.2 Å². The zero-order valence-corrected chi connectivity index (χ0v) is 7.84. The van der Waals surface area contributed by atoms with E-state index in [1.54, 1.807) is 0 Å². The molecule has 0 amide bonds. The van der Waals surface area contributed by atoms with E-state index in [0.717, 1.165) is 6.07 Å². The smallest absolute Gasteiger partial charge is 0.163 e. The van der Waals surface area contributed by atoms with Gasteiger partial charge in [0.1, 0.15) is 0 Å². The van der Waals surface area contributed by atoms with Crippen molar-refractivity contribution in [3.8, 4) is 0 Å². The molecule has 4 heteroatoms. The van der Waals surface area contributed by atoms with E-state index in [1.165, 1.54) is 12.1 Å². The van der Waals surface area contributed by atoms with Crippen molar-refractivity contribution in [2.24, 2.45) is 11.5 Å². The molecule has 1 rings (SSSR count). The van der Waals surface area contributed by atoms with Crippen LogP contribution in [-0.2, 0) is 0 Å². The van der Waals surface area contributed by atoms with E-state index in [1.807, 2.05) is 0 Å². The quantitative estimate of drug-likeness (QED) is 0.777. The fraction of sp³-hybridized carbons (Fsp3) is 0.400. The molecule has 4 N–H and O–H groups in total. The number of benzene rings is 1. The topological polar surface area (TPSA) is 52.0 Å². The van der Waals surface area contributed by atoms with Crippen LogP contribution in [0.2, 0.25) is 0 Å². The maximum atomic E-state index is 13.2. The van der Waals surface area contributed by atoms with Crippen molar-refractivity contribution in [1.82, 2.24) is 0 Å². The van der Waals surface area contributed by atoms with Crippen LogP contribution < -0.4 is 11.5 Å². The maximum absolute atomic E-state index is 13.2. The first-order valence-corrected chi connectivity index (χ1v) is 4.56. The summed E-state index contributed by atoms with van der Waals surface area (Å²) in [6, 6.07) is 3.55. The fourth-order valence-electron chi connectivity index (χ4n) is 1.30. The van der Waals surface area contributed by atoms with Gasteiger partial charge in [0.25, 0.3) is 0 Å². The molecule has 78 valence electrons. The molecule has 0 unspecified atom stereocenters. The molecule has 0 aliphatic rings. The first kappa shape index (κ1) is 11.1. The van der Waals surface area contributed by atoms with Crippen LogP contribution in [0.5, 0.6) is 0 Å². The summed E-state index contributed by atoms with van der Waals surface area (Å²) in [6.45, 7) is 0.505. The average Bonchev–Trinajstić information content (AvgIpc) is 2.18. The Hall–Kier alpha value is -1.00. The number of halogens is 2. The van der Waals surface area contributed by atoms with Crippen LogP contribution in [0.25, 0.3) is 0 Å². The lowest BCUT2D eigenvalue weighted by Crippen LogP contribution is -2.14. The maximum Gasteiger partial charge on any atom is 0.163 e. The first-order valence-electron chi connectivity index (χ1n) is 4.56. The number of hydrogen-bond acceptors (Lipinski definition) is 2. The van der Waals surface area contributed by atoms with E-state index in [9.17, 15) is 8.78 Å². The third-order valence-electron chi connectivity index (χ3n) is 2.10. The lowest BCUT2D eigenvalue weighted by molar-refractivity contribution is 0.481. The summed E-state index contributed by atoms with van der Waals surface area (Å²) >= 11 is 0. The molecular formula is C10H14F2N2. The molecule has 0 heterocycles. The molecule has 0 aliphatic carbocycles. The zero-order valence-electron chi connectivity index (χ0n) is 7.84. The minimum absolute atomic E-state index is 0.221. The van der Waals surface area contributed by atoms with Gasteiger partial charge in [0, 0.05) is 11.6 Å². The first-order chi connectivity index (χ1) is 6.66. The standard InChI is InChI=1S/C10H14F2N2/c11-8-4-1-3-7(10(8)12)9(14)5-2-6-13/h1,3-4,9H,2,5-6,13-14H2/t9-/m1/s1. The molecule has 0 aliphatic heterocycles. The van der Waals surface area contributed by atoms with Crippen molar-refractivity contribution in [3.05, 3.63) is 35.4 Å². The second-order valence-corrected chi connectivity index (χ2v) is 3.18. The summed E-state index contributed by atoms with van der Waals surface area (Å²) in [7, 11) is 0. The van der Waals surface area contributed by atoms with Crippen LogP contribution >= 0.6 is 0 Å². The Labute approximate surface area is 81.9 Å². The van der Waals surface area contributed by atoms with Gasteiger partial charge in [-0.2, -0.15) is 0 Å². The second kappa shape index (κ2) is 5.02. The highest BCUT2D eigenvalue weighted by Gasteiger charge is 2.13. The minimum Gasteiger partial charge on any atom is -0.330 e. The Balaban J connectivity index is 2.79. The Morgan fingerprint density at radius 3 is 2.64 bits per heavy atom. The van der Waals surface area contributed by atoms with Crippen molar-refractivity contribution >= 4 is 0 Å². The second-order valence-electron chi connectivity index (χ2n) is 3.18. The van der Waals surface area contributed by atoms with Crippen LogP contribution in [0.3, 0.4) is 0 Å². The van der Waals surface area contributed by atoms with Crippen LogP contribution in [0.1, 0.15) is 24.4 Å². The van der Waals surface area contributed by atoms with Gasteiger partial charge in [-0.05, 0) is 25.5 Å². The molecule has 14 heavy (non-hydrogen) atoms. The summed E-state index contributed by atoms with van der Waals surface area (Å²) in [6.07, 6.45) is 1.27. The molecule has 0 fully saturated rings. The Morgan fingerprint density at radius 1 is 1.29 bits per heavy atom. The summed E-state index contributed by atoms with van der Waals surface area (Å²) in [4.78, 5) is 0. The highest BCUT2D eigenvalue weighted by Crippen LogP contribution is 2.20. The van der Waals surface area contributed by atoms with Gasteiger partial charge in [-0.1, -0.05) is 12.1 Å². The number of nitrogens with two attached hydrogens (primary N) is 2. The van der Waals surface area contributed by atoms with Crippen molar-refractivity contribution in [2.45, 2.75) is 18.9 Å². The molecule has 0 aromatic heterocycles. The van der Waals surface area contributed by atoms with Crippen molar-refractivity contribution in [2.75, 3.05) is 6.54 Å². The molecular weight excluding hydrogens is 186 g/mol. The van der Waals surface area contributed by atoms with Crippen LogP contribution in [0, 0.1) is 11.6 Å². The molecule has 0 radical (unpaired) electrons. The molecule has 0 saturated heterocycles. The predicted octanol–water partition coefficient (Wildman–Crippen LogP) is 1.70. The van der Waals surface area contributed by atoms with Gasteiger partial charge in [0.2, 0.25) is 0 Å². The summed E-state index contributed by atoms with van der Waals surface area (Å²) < 4.78 is 26.0. The molecule has 1 aromatic carbocycles. The Morgan fingerprint density at radius 2 is 2.00 bits per heavy atom. The fourth-order valence-corrected chi connectivity index (χ4v) is 1.30. The van der Waals surface area contributed by atoms with Gasteiger partial charge in [-0.3, -0.25) is 0 Å². The van der Waals surface area contributed by atoms with Gasteiger partial charge >= 0.3 is 0 Å². The molecule has 0 bridgehead atoms. The number of hydrogen-bond donors (Lipinski definition) is 2. The van der Waals surface area contributed by atoms with Gasteiger partial charge in [-0.25, -0.2) is 8.78 Å². The molecule has 1 atom stereocenters. The van der Waals surface area contributed by atoms with Crippen molar-refractivity contribution < 1.29 is 8.78 Å². The summed E-state index contributed by atoms with van der Waals surface area (Å²) in [5, 5.41) is 0. The zero-order chi connectivity index (χ0) is 10.6. The summed E-state index contributed by atoms with van der Waals surface area (Å²) in [5.41, 5.74) is 11.2. The number of rotatable bonds is 4. The largest absolute Gasteiger partial charge is 0.330 e. The average molecular weight is 200 g/mol. The predicted molar refractivity (Wildman–Crippen MR) is 51.6 cm³/mol. The molecule has 1 aromatic rings. The third kappa shape index (κ3) is 2.49. The van der Waals surface area contributed by atoms with E-state index in [4.69, 9.17) is 11.5 Å². The molecule has 0 spiro atoms. The molecule has 2 nitrogen and oxygen atoms in total. The van der Waals surface area contributed by atoms with E-state index in [2.05, 4.69) is 0 Å². The normalized spacial score (nSPS) is 12.9. The highest BCUT2D eigenvalue weighted by atomic mass is 19.2. The SMILES string of the molecule is NCCC[C@@H](N)c1cccc(F)c1F. The molecule has 0 saturated carbocycles. The lowest BCUT2D eigenvalue weighted by Gasteiger charge is -2.12. The van der Waals surface area contributed by atoms with E-state index in [0.29, 0.717) is 19.4 Å². The highest BCUT2D eigenvalue weighted by molar-refractivity contribution is 5.22. The van der Waals surface area contributed by atoms with Gasteiger partial charge < -0.3 is 11.5 Å². The van der Waals surface area contributed by atoms with E-state index >= 15 is 0 Å². The lowest BCUT2D eigenvalue weighted by atomic mass is 10.0. The van der Waals surface area contributed by atoms with Crippen LogP contribution in [0.4, 0.5) is 8.78 Å². The third-order valence-corrected chi connectivity index (χ3v) is 2.10. The van der Waals surface area contributed by atoms with Gasteiger partial charge in [0.15, 0.2) is 11.6 Å².